The van der Waals surface area contributed by atoms with Crippen LogP contribution in [0.25, 0.3) is 0 Å². The van der Waals surface area contributed by atoms with Crippen LogP contribution in [-0.4, -0.2) is 58.3 Å². The third-order valence-corrected chi connectivity index (χ3v) is 4.84. The molecule has 0 aliphatic carbocycles. The lowest BCUT2D eigenvalue weighted by molar-refractivity contribution is -0.137. The highest BCUT2D eigenvalue weighted by Gasteiger charge is 2.30. The fourth-order valence-electron chi connectivity index (χ4n) is 2.90. The van der Waals surface area contributed by atoms with Crippen LogP contribution in [0.1, 0.15) is 12.0 Å². The van der Waals surface area contributed by atoms with Crippen LogP contribution in [0.5, 0.6) is 11.5 Å². The van der Waals surface area contributed by atoms with Crippen molar-refractivity contribution in [2.24, 2.45) is 0 Å². The maximum absolute atomic E-state index is 13.4. The molecule has 0 spiro atoms. The van der Waals surface area contributed by atoms with Gasteiger partial charge in [-0.2, -0.15) is 18.3 Å². The van der Waals surface area contributed by atoms with Gasteiger partial charge >= 0.3 is 6.18 Å². The Labute approximate surface area is 203 Å². The highest BCUT2D eigenvalue weighted by atomic mass is 19.4. The number of alkyl halides is 3. The molecule has 1 aromatic carbocycles. The quantitative estimate of drug-likeness (QED) is 0.398. The number of rotatable bonds is 11. The molecule has 0 unspecified atom stereocenters. The Hall–Kier alpha value is -4.16. The van der Waals surface area contributed by atoms with Gasteiger partial charge in [0.05, 0.1) is 43.2 Å². The second kappa shape index (κ2) is 12.0. The molecular weight excluding hydrogens is 486 g/mol. The summed E-state index contributed by atoms with van der Waals surface area (Å²) in [6.07, 6.45) is 0.782. The van der Waals surface area contributed by atoms with Gasteiger partial charge in [-0.3, -0.25) is 19.3 Å². The van der Waals surface area contributed by atoms with E-state index in [2.05, 4.69) is 15.4 Å². The number of aromatic nitrogens is 3. The zero-order chi connectivity index (χ0) is 26.1. The van der Waals surface area contributed by atoms with Crippen molar-refractivity contribution >= 4 is 17.5 Å². The summed E-state index contributed by atoms with van der Waals surface area (Å²) in [4.78, 5) is 29.4. The molecule has 3 aromatic rings. The summed E-state index contributed by atoms with van der Waals surface area (Å²) < 4.78 is 63.2. The SMILES string of the molecule is CN(CCOc1ccc(C(F)(F)F)cc1)C(=O)Cn1cc(NC(=O)CCOc2ccncc2F)cn1. The van der Waals surface area contributed by atoms with Crippen molar-refractivity contribution in [3.8, 4) is 11.5 Å². The van der Waals surface area contributed by atoms with Crippen LogP contribution >= 0.6 is 0 Å². The van der Waals surface area contributed by atoms with Gasteiger partial charge in [-0.1, -0.05) is 0 Å². The van der Waals surface area contributed by atoms with Gasteiger partial charge in [-0.15, -0.1) is 0 Å². The number of carbonyl (C=O) groups is 2. The molecule has 13 heteroatoms. The Balaban J connectivity index is 1.37. The normalized spacial score (nSPS) is 11.1. The van der Waals surface area contributed by atoms with E-state index in [0.29, 0.717) is 5.69 Å². The first-order valence-corrected chi connectivity index (χ1v) is 10.7. The summed E-state index contributed by atoms with van der Waals surface area (Å²) in [5, 5.41) is 6.64. The molecular formula is C23H23F4N5O4. The number of nitrogens with zero attached hydrogens (tertiary/aromatic N) is 4. The summed E-state index contributed by atoms with van der Waals surface area (Å²) in [6, 6.07) is 5.63. The van der Waals surface area contributed by atoms with E-state index in [1.807, 2.05) is 0 Å². The first-order valence-electron chi connectivity index (χ1n) is 10.7. The molecule has 3 rings (SSSR count). The third-order valence-electron chi connectivity index (χ3n) is 4.84. The van der Waals surface area contributed by atoms with E-state index in [4.69, 9.17) is 9.47 Å². The van der Waals surface area contributed by atoms with Gasteiger partial charge in [0.25, 0.3) is 0 Å². The Morgan fingerprint density at radius 1 is 1.08 bits per heavy atom. The molecule has 2 heterocycles. The van der Waals surface area contributed by atoms with Gasteiger partial charge < -0.3 is 19.7 Å². The highest BCUT2D eigenvalue weighted by molar-refractivity contribution is 5.90. The van der Waals surface area contributed by atoms with E-state index in [1.54, 1.807) is 7.05 Å². The molecule has 36 heavy (non-hydrogen) atoms. The summed E-state index contributed by atoms with van der Waals surface area (Å²) >= 11 is 0. The van der Waals surface area contributed by atoms with Crippen LogP contribution in [0.15, 0.2) is 55.1 Å². The summed E-state index contributed by atoms with van der Waals surface area (Å²) in [5.41, 5.74) is -0.401. The number of ether oxygens (including phenoxy) is 2. The van der Waals surface area contributed by atoms with Crippen LogP contribution in [0, 0.1) is 5.82 Å². The molecule has 192 valence electrons. The Morgan fingerprint density at radius 3 is 2.53 bits per heavy atom. The minimum absolute atomic E-state index is 0.00184. The standard InChI is InChI=1S/C23H23F4N5O4/c1-31(9-11-35-18-4-2-16(3-5-18)23(25,26)27)22(34)15-32-14-17(12-29-32)30-21(33)7-10-36-20-6-8-28-13-19(20)24/h2-6,8,12-14H,7,9-11,15H2,1H3,(H,30,33). The zero-order valence-electron chi connectivity index (χ0n) is 19.2. The predicted molar refractivity (Wildman–Crippen MR) is 120 cm³/mol. The van der Waals surface area contributed by atoms with Crippen molar-refractivity contribution in [2.75, 3.05) is 32.1 Å². The molecule has 2 amide bonds. The monoisotopic (exact) mass is 509 g/mol. The van der Waals surface area contributed by atoms with Gasteiger partial charge in [-0.25, -0.2) is 4.39 Å². The average molecular weight is 509 g/mol. The van der Waals surface area contributed by atoms with Gasteiger partial charge in [0.15, 0.2) is 11.6 Å². The van der Waals surface area contributed by atoms with Crippen molar-refractivity contribution in [1.29, 1.82) is 0 Å². The second-order valence-electron chi connectivity index (χ2n) is 7.57. The molecule has 0 fully saturated rings. The lowest BCUT2D eigenvalue weighted by Gasteiger charge is -2.17. The molecule has 2 aromatic heterocycles. The van der Waals surface area contributed by atoms with E-state index in [9.17, 15) is 27.2 Å². The minimum Gasteiger partial charge on any atom is -0.492 e. The maximum Gasteiger partial charge on any atom is 0.416 e. The minimum atomic E-state index is -4.42. The number of amides is 2. The summed E-state index contributed by atoms with van der Waals surface area (Å²) in [6.45, 7) is 0.137. The van der Waals surface area contributed by atoms with Crippen LogP contribution in [0.3, 0.4) is 0 Å². The number of halogens is 4. The molecule has 1 N–H and O–H groups in total. The van der Waals surface area contributed by atoms with Crippen LogP contribution in [-0.2, 0) is 22.3 Å². The molecule has 9 nitrogen and oxygen atoms in total. The van der Waals surface area contributed by atoms with Crippen LogP contribution < -0.4 is 14.8 Å². The van der Waals surface area contributed by atoms with E-state index < -0.39 is 17.6 Å². The topological polar surface area (TPSA) is 98.6 Å². The van der Waals surface area contributed by atoms with E-state index in [1.165, 1.54) is 46.4 Å². The Bertz CT molecular complexity index is 1170. The molecule has 0 saturated carbocycles. The van der Waals surface area contributed by atoms with Crippen molar-refractivity contribution < 1.29 is 36.6 Å². The van der Waals surface area contributed by atoms with Crippen LogP contribution in [0.4, 0.5) is 23.2 Å². The number of carbonyl (C=O) groups excluding carboxylic acids is 2. The Morgan fingerprint density at radius 2 is 1.83 bits per heavy atom. The molecule has 0 radical (unpaired) electrons. The Kier molecular flexibility index (Phi) is 8.81. The van der Waals surface area contributed by atoms with Crippen molar-refractivity contribution in [2.45, 2.75) is 19.1 Å². The number of benzene rings is 1. The van der Waals surface area contributed by atoms with E-state index in [-0.39, 0.29) is 56.0 Å². The maximum atomic E-state index is 13.4. The third kappa shape index (κ3) is 7.96. The first-order chi connectivity index (χ1) is 17.1. The molecule has 0 saturated heterocycles. The average Bonchev–Trinajstić information content (AvgIpc) is 3.26. The van der Waals surface area contributed by atoms with Crippen molar-refractivity contribution in [3.05, 3.63) is 66.5 Å². The number of hydrogen-bond donors (Lipinski definition) is 1. The highest BCUT2D eigenvalue weighted by Crippen LogP contribution is 2.30. The number of pyridine rings is 1. The number of nitrogens with one attached hydrogen (secondary N) is 1. The first kappa shape index (κ1) is 26.4. The van der Waals surface area contributed by atoms with E-state index in [0.717, 1.165) is 18.3 Å². The zero-order valence-corrected chi connectivity index (χ0v) is 19.2. The smallest absolute Gasteiger partial charge is 0.416 e. The molecule has 0 aliphatic heterocycles. The number of likely N-dealkylation sites (N-methyl/N-ethyl adjacent to an activating group) is 1. The summed E-state index contributed by atoms with van der Waals surface area (Å²) in [7, 11) is 1.55. The van der Waals surface area contributed by atoms with Crippen LogP contribution in [0.2, 0.25) is 0 Å². The number of anilines is 1. The summed E-state index contributed by atoms with van der Waals surface area (Å²) in [5.74, 6) is -1.04. The lowest BCUT2D eigenvalue weighted by Crippen LogP contribution is -2.33. The van der Waals surface area contributed by atoms with Gasteiger partial charge in [0.1, 0.15) is 18.9 Å². The van der Waals surface area contributed by atoms with Gasteiger partial charge in [0, 0.05) is 25.5 Å². The second-order valence-corrected chi connectivity index (χ2v) is 7.57. The lowest BCUT2D eigenvalue weighted by atomic mass is 10.2. The fraction of sp³-hybridized carbons (Fsp3) is 0.304. The fourth-order valence-corrected chi connectivity index (χ4v) is 2.90. The van der Waals surface area contributed by atoms with Gasteiger partial charge in [0.2, 0.25) is 11.8 Å². The molecule has 0 atom stereocenters. The number of hydrogen-bond acceptors (Lipinski definition) is 6. The molecule has 0 bridgehead atoms. The molecule has 0 aliphatic rings. The predicted octanol–water partition coefficient (Wildman–Crippen LogP) is 3.38. The van der Waals surface area contributed by atoms with E-state index >= 15 is 0 Å². The largest absolute Gasteiger partial charge is 0.492 e. The van der Waals surface area contributed by atoms with Crippen molar-refractivity contribution in [3.63, 3.8) is 0 Å². The van der Waals surface area contributed by atoms with Crippen molar-refractivity contribution in [1.82, 2.24) is 19.7 Å². The van der Waals surface area contributed by atoms with Gasteiger partial charge in [-0.05, 0) is 24.3 Å².